The summed E-state index contributed by atoms with van der Waals surface area (Å²) in [4.78, 5) is 22.3. The number of hydrogen-bond acceptors (Lipinski definition) is 4. The molecule has 0 aliphatic carbocycles. The average molecular weight is 336 g/mol. The lowest BCUT2D eigenvalue weighted by Gasteiger charge is -2.00. The van der Waals surface area contributed by atoms with Gasteiger partial charge in [0, 0.05) is 12.5 Å². The maximum atomic E-state index is 10.9. The molecular formula is C13H10BrN3O3. The van der Waals surface area contributed by atoms with E-state index in [1.807, 2.05) is 12.1 Å². The fraction of sp³-hybridized carbons (Fsp3) is 0.154. The van der Waals surface area contributed by atoms with E-state index in [4.69, 9.17) is 9.52 Å². The predicted molar refractivity (Wildman–Crippen MR) is 75.4 cm³/mol. The minimum absolute atomic E-state index is 0.121. The van der Waals surface area contributed by atoms with Crippen molar-refractivity contribution in [3.05, 3.63) is 34.5 Å². The molecular weight excluding hydrogens is 326 g/mol. The molecule has 0 fully saturated rings. The Labute approximate surface area is 122 Å². The number of H-pyrrole nitrogens is 1. The molecule has 0 aliphatic rings. The summed E-state index contributed by atoms with van der Waals surface area (Å²) in [6.07, 6.45) is -0.121. The summed E-state index contributed by atoms with van der Waals surface area (Å²) in [5, 5.41) is 8.93. The van der Waals surface area contributed by atoms with E-state index >= 15 is 0 Å². The Hall–Kier alpha value is -2.15. The number of aliphatic carboxylic acids is 1. The Morgan fingerprint density at radius 3 is 3.00 bits per heavy atom. The molecule has 3 aromatic rings. The zero-order valence-electron chi connectivity index (χ0n) is 10.5. The summed E-state index contributed by atoms with van der Waals surface area (Å²) in [5.41, 5.74) is 3.36. The summed E-state index contributed by atoms with van der Waals surface area (Å²) in [7, 11) is 0. The number of nitrogens with zero attached hydrogens (tertiary/aromatic N) is 2. The van der Waals surface area contributed by atoms with E-state index in [2.05, 4.69) is 30.9 Å². The van der Waals surface area contributed by atoms with Crippen LogP contribution in [0.3, 0.4) is 0 Å². The van der Waals surface area contributed by atoms with E-state index in [1.165, 1.54) is 0 Å². The van der Waals surface area contributed by atoms with Crippen molar-refractivity contribution >= 4 is 33.0 Å². The van der Waals surface area contributed by atoms with Crippen LogP contribution < -0.4 is 0 Å². The molecule has 102 valence electrons. The van der Waals surface area contributed by atoms with Crippen molar-refractivity contribution in [1.29, 1.82) is 0 Å². The zero-order chi connectivity index (χ0) is 14.3. The third-order valence-electron chi connectivity index (χ3n) is 2.85. The van der Waals surface area contributed by atoms with Crippen LogP contribution in [0.25, 0.3) is 22.4 Å². The molecule has 2 aromatic heterocycles. The molecule has 3 rings (SSSR count). The number of aryl methyl sites for hydroxylation is 1. The standard InChI is InChI=1S/C13H10BrN3O3/c1-6-15-8-4-7(2-3-10(8)20-6)12-9(5-11(18)19)16-13(14)17-12/h2-4H,5H2,1H3,(H,16,17)(H,18,19). The Morgan fingerprint density at radius 2 is 2.25 bits per heavy atom. The number of carboxylic acids is 1. The quantitative estimate of drug-likeness (QED) is 0.767. The van der Waals surface area contributed by atoms with Gasteiger partial charge < -0.3 is 14.5 Å². The van der Waals surface area contributed by atoms with Gasteiger partial charge >= 0.3 is 5.97 Å². The first-order chi connectivity index (χ1) is 9.52. The highest BCUT2D eigenvalue weighted by Crippen LogP contribution is 2.27. The van der Waals surface area contributed by atoms with Crippen LogP contribution >= 0.6 is 15.9 Å². The molecule has 1 aromatic carbocycles. The van der Waals surface area contributed by atoms with Gasteiger partial charge in [-0.25, -0.2) is 9.97 Å². The molecule has 2 N–H and O–H groups in total. The van der Waals surface area contributed by atoms with Gasteiger partial charge in [0.25, 0.3) is 0 Å². The van der Waals surface area contributed by atoms with Crippen molar-refractivity contribution in [2.45, 2.75) is 13.3 Å². The smallest absolute Gasteiger partial charge is 0.309 e. The number of aromatic amines is 1. The Kier molecular flexibility index (Phi) is 3.06. The Bertz CT molecular complexity index is 806. The summed E-state index contributed by atoms with van der Waals surface area (Å²) < 4.78 is 5.92. The number of rotatable bonds is 3. The minimum Gasteiger partial charge on any atom is -0.481 e. The highest BCUT2D eigenvalue weighted by Gasteiger charge is 2.15. The van der Waals surface area contributed by atoms with Gasteiger partial charge in [-0.05, 0) is 34.1 Å². The van der Waals surface area contributed by atoms with Gasteiger partial charge in [0.1, 0.15) is 5.52 Å². The number of aromatic nitrogens is 3. The van der Waals surface area contributed by atoms with Crippen LogP contribution in [0.1, 0.15) is 11.6 Å². The van der Waals surface area contributed by atoms with Gasteiger partial charge in [0.15, 0.2) is 16.2 Å². The fourth-order valence-electron chi connectivity index (χ4n) is 2.09. The Balaban J connectivity index is 2.12. The lowest BCUT2D eigenvalue weighted by molar-refractivity contribution is -0.136. The number of imidazole rings is 1. The van der Waals surface area contributed by atoms with Crippen LogP contribution in [-0.4, -0.2) is 26.0 Å². The van der Waals surface area contributed by atoms with Gasteiger partial charge in [-0.1, -0.05) is 0 Å². The number of hydrogen-bond donors (Lipinski definition) is 2. The maximum Gasteiger partial charge on any atom is 0.309 e. The van der Waals surface area contributed by atoms with Gasteiger partial charge in [-0.15, -0.1) is 0 Å². The predicted octanol–water partition coefficient (Wildman–Crippen LogP) is 2.92. The summed E-state index contributed by atoms with van der Waals surface area (Å²) in [6, 6.07) is 5.47. The molecule has 20 heavy (non-hydrogen) atoms. The molecule has 0 spiro atoms. The van der Waals surface area contributed by atoms with Crippen molar-refractivity contribution in [3.63, 3.8) is 0 Å². The largest absolute Gasteiger partial charge is 0.481 e. The number of nitrogens with one attached hydrogen (secondary N) is 1. The third kappa shape index (κ3) is 2.32. The summed E-state index contributed by atoms with van der Waals surface area (Å²) in [6.45, 7) is 1.78. The van der Waals surface area contributed by atoms with Crippen LogP contribution in [0.2, 0.25) is 0 Å². The first-order valence-electron chi connectivity index (χ1n) is 5.86. The topological polar surface area (TPSA) is 92.0 Å². The number of halogens is 1. The summed E-state index contributed by atoms with van der Waals surface area (Å²) >= 11 is 3.23. The number of carbonyl (C=O) groups is 1. The molecule has 7 heteroatoms. The van der Waals surface area contributed by atoms with E-state index in [9.17, 15) is 4.79 Å². The molecule has 0 saturated heterocycles. The Morgan fingerprint density at radius 1 is 1.45 bits per heavy atom. The molecule has 0 unspecified atom stereocenters. The van der Waals surface area contributed by atoms with E-state index in [0.717, 1.165) is 11.1 Å². The molecule has 0 aliphatic heterocycles. The molecule has 6 nitrogen and oxygen atoms in total. The van der Waals surface area contributed by atoms with Crippen molar-refractivity contribution < 1.29 is 14.3 Å². The lowest BCUT2D eigenvalue weighted by atomic mass is 10.1. The zero-order valence-corrected chi connectivity index (χ0v) is 12.1. The van der Waals surface area contributed by atoms with Crippen LogP contribution in [0.15, 0.2) is 27.3 Å². The van der Waals surface area contributed by atoms with Crippen molar-refractivity contribution in [1.82, 2.24) is 15.0 Å². The van der Waals surface area contributed by atoms with Gasteiger partial charge in [0.05, 0.1) is 17.8 Å². The van der Waals surface area contributed by atoms with E-state index in [0.29, 0.717) is 27.6 Å². The molecule has 0 bridgehead atoms. The van der Waals surface area contributed by atoms with Crippen LogP contribution in [0.5, 0.6) is 0 Å². The molecule has 0 atom stereocenters. The summed E-state index contributed by atoms with van der Waals surface area (Å²) in [5.74, 6) is -0.327. The van der Waals surface area contributed by atoms with Gasteiger partial charge in [-0.2, -0.15) is 0 Å². The van der Waals surface area contributed by atoms with Crippen LogP contribution in [0, 0.1) is 6.92 Å². The average Bonchev–Trinajstić information content (AvgIpc) is 2.89. The second kappa shape index (κ2) is 4.75. The second-order valence-corrected chi connectivity index (χ2v) is 5.09. The molecule has 2 heterocycles. The number of carboxylic acid groups (broad SMARTS) is 1. The van der Waals surface area contributed by atoms with Gasteiger partial charge in [-0.3, -0.25) is 4.79 Å². The SMILES string of the molecule is Cc1nc2cc(-c3nc(Br)[nH]c3CC(=O)O)ccc2o1. The number of oxazole rings is 1. The van der Waals surface area contributed by atoms with Crippen molar-refractivity contribution in [2.75, 3.05) is 0 Å². The van der Waals surface area contributed by atoms with Crippen LogP contribution in [0.4, 0.5) is 0 Å². The first-order valence-corrected chi connectivity index (χ1v) is 6.66. The van der Waals surface area contributed by atoms with E-state index in [1.54, 1.807) is 13.0 Å². The van der Waals surface area contributed by atoms with E-state index < -0.39 is 5.97 Å². The van der Waals surface area contributed by atoms with Crippen molar-refractivity contribution in [3.8, 4) is 11.3 Å². The number of benzene rings is 1. The third-order valence-corrected chi connectivity index (χ3v) is 3.22. The number of fused-ring (bicyclic) bond motifs is 1. The molecule has 0 amide bonds. The van der Waals surface area contributed by atoms with Gasteiger partial charge in [0.2, 0.25) is 0 Å². The molecule has 0 radical (unpaired) electrons. The monoisotopic (exact) mass is 335 g/mol. The lowest BCUT2D eigenvalue weighted by Crippen LogP contribution is -2.01. The normalized spacial score (nSPS) is 11.1. The second-order valence-electron chi connectivity index (χ2n) is 4.34. The van der Waals surface area contributed by atoms with E-state index in [-0.39, 0.29) is 6.42 Å². The first kappa shape index (κ1) is 12.9. The van der Waals surface area contributed by atoms with Crippen molar-refractivity contribution in [2.24, 2.45) is 0 Å². The minimum atomic E-state index is -0.916. The fourth-order valence-corrected chi connectivity index (χ4v) is 2.50. The molecule has 0 saturated carbocycles. The maximum absolute atomic E-state index is 10.9. The highest BCUT2D eigenvalue weighted by molar-refractivity contribution is 9.10. The van der Waals surface area contributed by atoms with Crippen LogP contribution in [-0.2, 0) is 11.2 Å². The highest BCUT2D eigenvalue weighted by atomic mass is 79.9.